The maximum atomic E-state index is 14.0. The molecule has 0 radical (unpaired) electrons. The smallest absolute Gasteiger partial charge is 0.373 e. The molecule has 2 aromatic heterocycles. The van der Waals surface area contributed by atoms with Gasteiger partial charge in [-0.25, -0.2) is 18.4 Å². The molecule has 0 bridgehead atoms. The van der Waals surface area contributed by atoms with Crippen LogP contribution in [0.3, 0.4) is 0 Å². The normalized spacial score (nSPS) is 14.2. The van der Waals surface area contributed by atoms with Crippen LogP contribution in [-0.2, 0) is 20.4 Å². The number of anilines is 2. The number of aromatic nitrogens is 2. The third kappa shape index (κ3) is 10.2. The summed E-state index contributed by atoms with van der Waals surface area (Å²) in [5.74, 6) is -5.18. The standard InChI is InChI=1S/2C22H19ClF4N2O4/c2*1-11-14-9-12(7-8-13(14)18(30)33-29-11)28-19(31)21(32,22(25,26)27)10-20(2,3)15-5-4-6-16(24)17(15)23/h2*4-9,32H,10H2,1-3H3,(H,28,31). The van der Waals surface area contributed by atoms with E-state index >= 15 is 0 Å². The van der Waals surface area contributed by atoms with Gasteiger partial charge in [-0.2, -0.15) is 26.3 Å². The number of nitrogens with one attached hydrogen (secondary N) is 2. The topological polar surface area (TPSA) is 185 Å². The molecule has 352 valence electrons. The van der Waals surface area contributed by atoms with Crippen LogP contribution in [0, 0.1) is 25.5 Å². The Morgan fingerprint density at radius 2 is 0.924 bits per heavy atom. The molecule has 0 aliphatic heterocycles. The van der Waals surface area contributed by atoms with Crippen molar-refractivity contribution in [1.29, 1.82) is 0 Å². The van der Waals surface area contributed by atoms with Gasteiger partial charge >= 0.3 is 23.6 Å². The number of carbonyl (C=O) groups excluding carboxylic acids is 2. The summed E-state index contributed by atoms with van der Waals surface area (Å²) in [5, 5.41) is 32.3. The Bertz CT molecular complexity index is 2780. The summed E-state index contributed by atoms with van der Waals surface area (Å²) in [4.78, 5) is 49.0. The van der Waals surface area contributed by atoms with E-state index in [1.165, 1.54) is 102 Å². The average molecular weight is 974 g/mol. The summed E-state index contributed by atoms with van der Waals surface area (Å²) >= 11 is 11.9. The monoisotopic (exact) mass is 972 g/mol. The lowest BCUT2D eigenvalue weighted by molar-refractivity contribution is -0.255. The fourth-order valence-electron chi connectivity index (χ4n) is 7.23. The zero-order valence-electron chi connectivity index (χ0n) is 35.4. The molecule has 22 heteroatoms. The van der Waals surface area contributed by atoms with Crippen LogP contribution < -0.4 is 21.9 Å². The van der Waals surface area contributed by atoms with Gasteiger partial charge in [0.25, 0.3) is 11.8 Å². The molecule has 4 aromatic carbocycles. The number of rotatable bonds is 10. The highest BCUT2D eigenvalue weighted by Gasteiger charge is 2.62. The molecule has 0 fully saturated rings. The van der Waals surface area contributed by atoms with E-state index in [4.69, 9.17) is 23.2 Å². The average Bonchev–Trinajstić information content (AvgIpc) is 3.21. The zero-order valence-corrected chi connectivity index (χ0v) is 36.9. The molecule has 2 heterocycles. The third-order valence-electron chi connectivity index (χ3n) is 10.8. The van der Waals surface area contributed by atoms with Gasteiger partial charge in [-0.15, -0.1) is 0 Å². The first kappa shape index (κ1) is 51.0. The van der Waals surface area contributed by atoms with E-state index in [-0.39, 0.29) is 55.4 Å². The van der Waals surface area contributed by atoms with Crippen LogP contribution in [0.25, 0.3) is 21.5 Å². The molecule has 0 spiro atoms. The van der Waals surface area contributed by atoms with Crippen LogP contribution >= 0.6 is 23.2 Å². The Hall–Kier alpha value is -5.96. The molecular weight excluding hydrogens is 935 g/mol. The van der Waals surface area contributed by atoms with Crippen molar-refractivity contribution < 1.29 is 64.0 Å². The molecule has 0 aliphatic rings. The number of hydrogen-bond acceptors (Lipinski definition) is 10. The van der Waals surface area contributed by atoms with E-state index < -0.39 is 92.0 Å². The quantitative estimate of drug-likeness (QED) is 0.0964. The molecule has 2 atom stereocenters. The molecule has 12 nitrogen and oxygen atoms in total. The number of halogens is 10. The summed E-state index contributed by atoms with van der Waals surface area (Å²) in [5.41, 5.74) is -12.0. The maximum Gasteiger partial charge on any atom is 0.426 e. The van der Waals surface area contributed by atoms with Crippen LogP contribution in [0.5, 0.6) is 0 Å². The van der Waals surface area contributed by atoms with Crippen LogP contribution in [0.15, 0.2) is 91.4 Å². The molecule has 6 rings (SSSR count). The first-order valence-electron chi connectivity index (χ1n) is 19.3. The Balaban J connectivity index is 0.000000247. The molecular formula is C44H38Cl2F8N4O8. The van der Waals surface area contributed by atoms with E-state index in [1.807, 2.05) is 0 Å². The largest absolute Gasteiger partial charge is 0.426 e. The number of nitrogens with zero attached hydrogens (tertiary/aromatic N) is 2. The SMILES string of the molecule is Cc1noc(=O)c2ccc(NC(=O)C(O)(CC(C)(C)c3cccc(F)c3Cl)C(F)(F)F)cc12.Cc1noc(=O)c2ccc(NC(=O)C(O)(CC(C)(C)c3cccc(F)c3Cl)C(F)(F)F)cc12. The molecule has 66 heavy (non-hydrogen) atoms. The lowest BCUT2D eigenvalue weighted by Crippen LogP contribution is -2.57. The van der Waals surface area contributed by atoms with E-state index in [9.17, 15) is 64.5 Å². The van der Waals surface area contributed by atoms with Gasteiger partial charge in [-0.3, -0.25) is 9.59 Å². The van der Waals surface area contributed by atoms with E-state index in [1.54, 1.807) is 0 Å². The Morgan fingerprint density at radius 1 is 0.591 bits per heavy atom. The molecule has 2 unspecified atom stereocenters. The number of alkyl halides is 6. The highest BCUT2D eigenvalue weighted by atomic mass is 35.5. The highest BCUT2D eigenvalue weighted by molar-refractivity contribution is 6.32. The Morgan fingerprint density at radius 3 is 1.24 bits per heavy atom. The van der Waals surface area contributed by atoms with E-state index in [0.717, 1.165) is 12.1 Å². The summed E-state index contributed by atoms with van der Waals surface area (Å²) in [6.45, 7) is 8.25. The van der Waals surface area contributed by atoms with Crippen molar-refractivity contribution in [2.75, 3.05) is 10.6 Å². The van der Waals surface area contributed by atoms with E-state index in [0.29, 0.717) is 0 Å². The number of amides is 2. The minimum absolute atomic E-state index is 0.00114. The van der Waals surface area contributed by atoms with Crippen molar-refractivity contribution in [1.82, 2.24) is 10.3 Å². The number of aryl methyl sites for hydroxylation is 2. The van der Waals surface area contributed by atoms with Crippen LogP contribution in [0.4, 0.5) is 46.5 Å². The number of hydrogen-bond donors (Lipinski definition) is 4. The molecule has 6 aromatic rings. The third-order valence-corrected chi connectivity index (χ3v) is 11.5. The molecule has 4 N–H and O–H groups in total. The number of fused-ring (bicyclic) bond motifs is 2. The lowest BCUT2D eigenvalue weighted by Gasteiger charge is -2.37. The first-order valence-corrected chi connectivity index (χ1v) is 20.0. The van der Waals surface area contributed by atoms with Crippen molar-refractivity contribution >= 4 is 67.9 Å². The van der Waals surface area contributed by atoms with Crippen LogP contribution in [0.1, 0.15) is 63.1 Å². The zero-order chi connectivity index (χ0) is 49.5. The van der Waals surface area contributed by atoms with Gasteiger partial charge in [0, 0.05) is 35.0 Å². The summed E-state index contributed by atoms with van der Waals surface area (Å²) in [6, 6.07) is 14.7. The molecule has 2 amide bonds. The highest BCUT2D eigenvalue weighted by Crippen LogP contribution is 2.45. The van der Waals surface area contributed by atoms with Crippen molar-refractivity contribution in [3.8, 4) is 0 Å². The number of benzene rings is 4. The van der Waals surface area contributed by atoms with E-state index in [2.05, 4.69) is 30.0 Å². The predicted octanol–water partition coefficient (Wildman–Crippen LogP) is 9.78. The first-order chi connectivity index (χ1) is 30.3. The van der Waals surface area contributed by atoms with Crippen molar-refractivity contribution in [3.63, 3.8) is 0 Å². The number of carbonyl (C=O) groups is 2. The van der Waals surface area contributed by atoms with Crippen LogP contribution in [-0.4, -0.2) is 55.9 Å². The Kier molecular flexibility index (Phi) is 14.2. The second-order valence-electron chi connectivity index (χ2n) is 16.6. The fourth-order valence-corrected chi connectivity index (χ4v) is 7.99. The predicted molar refractivity (Wildman–Crippen MR) is 227 cm³/mol. The van der Waals surface area contributed by atoms with Gasteiger partial charge in [0.1, 0.15) is 11.6 Å². The Labute approximate surface area is 378 Å². The summed E-state index contributed by atoms with van der Waals surface area (Å²) < 4.78 is 121. The fraction of sp³-hybridized carbons (Fsp3) is 0.318. The van der Waals surface area contributed by atoms with Gasteiger partial charge in [-0.1, -0.05) is 85.5 Å². The van der Waals surface area contributed by atoms with Gasteiger partial charge < -0.3 is 29.9 Å². The minimum Gasteiger partial charge on any atom is -0.373 e. The van der Waals surface area contributed by atoms with Gasteiger partial charge in [-0.05, 0) is 84.3 Å². The molecule has 0 saturated heterocycles. The van der Waals surface area contributed by atoms with Crippen molar-refractivity contribution in [3.05, 3.63) is 138 Å². The van der Waals surface area contributed by atoms with Gasteiger partial charge in [0.05, 0.1) is 32.2 Å². The van der Waals surface area contributed by atoms with Gasteiger partial charge in [0.15, 0.2) is 0 Å². The lowest BCUT2D eigenvalue weighted by atomic mass is 9.74. The minimum atomic E-state index is -5.37. The van der Waals surface area contributed by atoms with Crippen molar-refractivity contribution in [2.45, 2.75) is 88.8 Å². The molecule has 0 aliphatic carbocycles. The van der Waals surface area contributed by atoms with Gasteiger partial charge in [0.2, 0.25) is 11.2 Å². The summed E-state index contributed by atoms with van der Waals surface area (Å²) in [6.07, 6.45) is -13.0. The second-order valence-corrected chi connectivity index (χ2v) is 17.3. The second kappa shape index (κ2) is 18.4. The van der Waals surface area contributed by atoms with Crippen molar-refractivity contribution in [2.24, 2.45) is 0 Å². The molecule has 0 saturated carbocycles. The maximum absolute atomic E-state index is 14.0. The number of aliphatic hydroxyl groups is 2. The summed E-state index contributed by atoms with van der Waals surface area (Å²) in [7, 11) is 0. The van der Waals surface area contributed by atoms with Crippen LogP contribution in [0.2, 0.25) is 10.0 Å².